The van der Waals surface area contributed by atoms with Gasteiger partial charge in [0.2, 0.25) is 5.91 Å². The number of hydrogen-bond acceptors (Lipinski definition) is 7. The molecule has 0 spiro atoms. The van der Waals surface area contributed by atoms with Crippen LogP contribution in [-0.4, -0.2) is 81.1 Å². The van der Waals surface area contributed by atoms with Crippen LogP contribution in [0.2, 0.25) is 10.3 Å². The van der Waals surface area contributed by atoms with Gasteiger partial charge in [0.1, 0.15) is 16.9 Å². The van der Waals surface area contributed by atoms with Crippen molar-refractivity contribution in [1.82, 2.24) is 39.5 Å². The minimum atomic E-state index is -1.14. The van der Waals surface area contributed by atoms with Gasteiger partial charge in [-0.15, -0.1) is 0 Å². The van der Waals surface area contributed by atoms with E-state index in [9.17, 15) is 19.5 Å². The maximum atomic E-state index is 13.1. The molecule has 0 aliphatic carbocycles. The van der Waals surface area contributed by atoms with Crippen molar-refractivity contribution in [2.24, 2.45) is 0 Å². The van der Waals surface area contributed by atoms with Crippen molar-refractivity contribution >= 4 is 46.8 Å². The van der Waals surface area contributed by atoms with Crippen LogP contribution >= 0.6 is 23.2 Å². The molecule has 2 aliphatic rings. The molecule has 0 saturated carbocycles. The summed E-state index contributed by atoms with van der Waals surface area (Å²) in [5.41, 5.74) is 0.916. The van der Waals surface area contributed by atoms with Gasteiger partial charge < -0.3 is 15.5 Å². The van der Waals surface area contributed by atoms with Crippen molar-refractivity contribution in [1.29, 1.82) is 0 Å². The second-order valence-corrected chi connectivity index (χ2v) is 11.1. The van der Waals surface area contributed by atoms with E-state index in [1.54, 1.807) is 23.0 Å². The van der Waals surface area contributed by atoms with E-state index in [2.05, 4.69) is 25.3 Å². The summed E-state index contributed by atoms with van der Waals surface area (Å²) in [4.78, 5) is 54.9. The molecule has 4 aromatic rings. The van der Waals surface area contributed by atoms with Crippen molar-refractivity contribution in [2.45, 2.75) is 50.2 Å². The van der Waals surface area contributed by atoms with E-state index in [1.165, 1.54) is 22.2 Å². The molecule has 3 N–H and O–H groups in total. The largest absolute Gasteiger partial charge is 0.465 e. The normalized spacial score (nSPS) is 19.5. The van der Waals surface area contributed by atoms with E-state index in [-0.39, 0.29) is 23.6 Å². The van der Waals surface area contributed by atoms with Gasteiger partial charge in [-0.1, -0.05) is 53.5 Å². The second kappa shape index (κ2) is 13.4. The van der Waals surface area contributed by atoms with Crippen LogP contribution in [0.5, 0.6) is 0 Å². The highest BCUT2D eigenvalue weighted by Crippen LogP contribution is 2.34. The van der Waals surface area contributed by atoms with Crippen LogP contribution in [0.4, 0.5) is 9.59 Å². The first-order valence-corrected chi connectivity index (χ1v) is 14.7. The fourth-order valence-electron chi connectivity index (χ4n) is 5.81. The molecule has 2 saturated heterocycles. The molecule has 3 amide bonds. The Morgan fingerprint density at radius 3 is 2.41 bits per heavy atom. The third kappa shape index (κ3) is 6.38. The number of benzene rings is 1. The number of halogens is 2. The van der Waals surface area contributed by atoms with Crippen molar-refractivity contribution in [3.8, 4) is 0 Å². The van der Waals surface area contributed by atoms with Gasteiger partial charge in [0.05, 0.1) is 24.5 Å². The minimum Gasteiger partial charge on any atom is -0.465 e. The smallest absolute Gasteiger partial charge is 0.408 e. The number of carboxylic acid groups (broad SMARTS) is 2. The monoisotopic (exact) mass is 640 g/mol. The molecule has 230 valence electrons. The van der Waals surface area contributed by atoms with Gasteiger partial charge in [-0.3, -0.25) is 24.0 Å². The second-order valence-electron chi connectivity index (χ2n) is 10.4. The van der Waals surface area contributed by atoms with Gasteiger partial charge in [0, 0.05) is 44.3 Å². The highest BCUT2D eigenvalue weighted by molar-refractivity contribution is 6.32. The summed E-state index contributed by atoms with van der Waals surface area (Å²) in [6.07, 6.45) is 8.98. The van der Waals surface area contributed by atoms with Crippen LogP contribution in [0.3, 0.4) is 0 Å². The number of likely N-dealkylation sites (tertiary alicyclic amines) is 2. The Hall–Kier alpha value is -4.49. The molecular weight excluding hydrogens is 611 g/mol. The number of rotatable bonds is 6. The lowest BCUT2D eigenvalue weighted by Gasteiger charge is -2.35. The number of carbonyl (C=O) groups excluding carboxylic acids is 1. The Balaban J connectivity index is 0.000000186. The average molecular weight is 642 g/mol. The molecule has 13 nitrogen and oxygen atoms in total. The quantitative estimate of drug-likeness (QED) is 0.271. The molecule has 5 heterocycles. The van der Waals surface area contributed by atoms with E-state index >= 15 is 0 Å². The number of nitrogens with one attached hydrogen (secondary N) is 1. The number of nitrogens with zero attached hydrogens (tertiary/aromatic N) is 7. The van der Waals surface area contributed by atoms with Crippen molar-refractivity contribution < 1.29 is 24.6 Å². The Kier molecular flexibility index (Phi) is 9.45. The SMILES string of the molecule is O=C(O)N1CCCC1c1ncc2c(Cl)nccn12.O=C(O)N1CCC[C@]1(Cc1ccccc1)C(=O)NCc1nccnc1Cl. The predicted molar refractivity (Wildman–Crippen MR) is 160 cm³/mol. The standard InChI is InChI=1S/C18H19ClN4O3.C11H11ClN4O2/c19-15-14(20-8-9-21-15)12-22-16(24)18(7-4-10-23(18)17(25)26)11-13-5-2-1-3-6-13;12-9-8-6-14-10(15(8)5-3-13-9)7-2-1-4-16(7)11(17)18/h1-3,5-6,8-9H,4,7,10-12H2,(H,22,24)(H,25,26);3,5-7H,1-2,4H2,(H,17,18)/t18-;/m0./s1. The Bertz CT molecular complexity index is 1660. The van der Waals surface area contributed by atoms with Crippen LogP contribution in [0.1, 0.15) is 48.8 Å². The van der Waals surface area contributed by atoms with Crippen LogP contribution in [-0.2, 0) is 17.8 Å². The number of amides is 3. The molecular formula is C29H30Cl2N8O5. The molecule has 2 aliphatic heterocycles. The third-order valence-electron chi connectivity index (χ3n) is 7.86. The summed E-state index contributed by atoms with van der Waals surface area (Å²) < 4.78 is 1.81. The van der Waals surface area contributed by atoms with Gasteiger partial charge in [0.15, 0.2) is 10.3 Å². The zero-order valence-electron chi connectivity index (χ0n) is 23.5. The fourth-order valence-corrected chi connectivity index (χ4v) is 6.18. The van der Waals surface area contributed by atoms with Crippen LogP contribution in [0.15, 0.2) is 61.3 Å². The number of hydrogen-bond donors (Lipinski definition) is 3. The Morgan fingerprint density at radius 2 is 1.68 bits per heavy atom. The molecule has 0 radical (unpaired) electrons. The molecule has 2 fully saturated rings. The van der Waals surface area contributed by atoms with Crippen LogP contribution in [0.25, 0.3) is 5.52 Å². The number of aromatic nitrogens is 5. The van der Waals surface area contributed by atoms with Gasteiger partial charge in [-0.25, -0.2) is 24.5 Å². The first kappa shape index (κ1) is 31.0. The summed E-state index contributed by atoms with van der Waals surface area (Å²) >= 11 is 12.0. The molecule has 3 aromatic heterocycles. The van der Waals surface area contributed by atoms with Gasteiger partial charge in [-0.05, 0) is 31.2 Å². The number of imidazole rings is 1. The van der Waals surface area contributed by atoms with Crippen molar-refractivity contribution in [2.75, 3.05) is 13.1 Å². The van der Waals surface area contributed by atoms with E-state index in [0.29, 0.717) is 54.5 Å². The topological polar surface area (TPSA) is 166 Å². The maximum absolute atomic E-state index is 13.1. The van der Waals surface area contributed by atoms with Crippen molar-refractivity contribution in [3.05, 3.63) is 88.7 Å². The average Bonchev–Trinajstić information content (AvgIpc) is 3.77. The van der Waals surface area contributed by atoms with Crippen molar-refractivity contribution in [3.63, 3.8) is 0 Å². The summed E-state index contributed by atoms with van der Waals surface area (Å²) in [7, 11) is 0. The summed E-state index contributed by atoms with van der Waals surface area (Å²) in [5, 5.41) is 22.1. The number of fused-ring (bicyclic) bond motifs is 1. The summed E-state index contributed by atoms with van der Waals surface area (Å²) in [6, 6.07) is 9.22. The molecule has 1 unspecified atom stereocenters. The molecule has 15 heteroatoms. The highest BCUT2D eigenvalue weighted by atomic mass is 35.5. The number of carbonyl (C=O) groups is 3. The van der Waals surface area contributed by atoms with Crippen LogP contribution in [0, 0.1) is 0 Å². The Morgan fingerprint density at radius 1 is 0.932 bits per heavy atom. The molecule has 6 rings (SSSR count). The molecule has 2 atom stereocenters. The van der Waals surface area contributed by atoms with Gasteiger partial charge in [-0.2, -0.15) is 0 Å². The summed E-state index contributed by atoms with van der Waals surface area (Å²) in [6.45, 7) is 0.977. The van der Waals surface area contributed by atoms with E-state index in [1.807, 2.05) is 30.3 Å². The first-order chi connectivity index (χ1) is 21.2. The third-order valence-corrected chi connectivity index (χ3v) is 8.47. The van der Waals surface area contributed by atoms with E-state index in [0.717, 1.165) is 18.4 Å². The zero-order valence-corrected chi connectivity index (χ0v) is 25.0. The maximum Gasteiger partial charge on any atom is 0.408 e. The van der Waals surface area contributed by atoms with E-state index < -0.39 is 17.7 Å². The first-order valence-electron chi connectivity index (χ1n) is 14.0. The molecule has 1 aromatic carbocycles. The lowest BCUT2D eigenvalue weighted by molar-refractivity contribution is -0.131. The lowest BCUT2D eigenvalue weighted by atomic mass is 9.87. The zero-order chi connectivity index (χ0) is 31.3. The minimum absolute atomic E-state index is 0.0928. The highest BCUT2D eigenvalue weighted by Gasteiger charge is 2.49. The van der Waals surface area contributed by atoms with Gasteiger partial charge in [0.25, 0.3) is 0 Å². The molecule has 44 heavy (non-hydrogen) atoms. The Labute approximate surface area is 262 Å². The van der Waals surface area contributed by atoms with E-state index in [4.69, 9.17) is 28.3 Å². The summed E-state index contributed by atoms with van der Waals surface area (Å²) in [5.74, 6) is 0.358. The lowest BCUT2D eigenvalue weighted by Crippen LogP contribution is -2.58. The van der Waals surface area contributed by atoms with Gasteiger partial charge >= 0.3 is 12.2 Å². The van der Waals surface area contributed by atoms with Crippen LogP contribution < -0.4 is 5.32 Å². The molecule has 0 bridgehead atoms. The fraction of sp³-hybridized carbons (Fsp3) is 0.345. The predicted octanol–water partition coefficient (Wildman–Crippen LogP) is 4.70.